The average molecular weight is 351 g/mol. The van der Waals surface area contributed by atoms with Crippen LogP contribution in [0.1, 0.15) is 30.1 Å². The molecule has 3 amide bonds. The zero-order valence-corrected chi connectivity index (χ0v) is 14.8. The third-order valence-electron chi connectivity index (χ3n) is 4.33. The highest BCUT2D eigenvalue weighted by molar-refractivity contribution is 6.05. The molecule has 0 aliphatic heterocycles. The van der Waals surface area contributed by atoms with Gasteiger partial charge < -0.3 is 15.5 Å². The molecular formula is C20H21N3O3. The van der Waals surface area contributed by atoms with Crippen LogP contribution in [0.4, 0.5) is 17.1 Å². The van der Waals surface area contributed by atoms with Gasteiger partial charge in [0.1, 0.15) is 0 Å². The van der Waals surface area contributed by atoms with Crippen LogP contribution in [0.25, 0.3) is 0 Å². The van der Waals surface area contributed by atoms with Gasteiger partial charge in [0.05, 0.1) is 0 Å². The Kier molecular flexibility index (Phi) is 5.02. The standard InChI is InChI=1S/C20H21N3O3/c1-13(24)23(2)18-10-8-16(9-11-18)21-20(26)15-4-3-5-17(12-15)22-19(25)14-6-7-14/h3-5,8-12,14H,6-7H2,1-2H3,(H,21,26)(H,22,25). The number of rotatable bonds is 5. The Morgan fingerprint density at radius 1 is 0.962 bits per heavy atom. The molecule has 1 fully saturated rings. The lowest BCUT2D eigenvalue weighted by molar-refractivity contribution is -0.117. The Bertz CT molecular complexity index is 842. The summed E-state index contributed by atoms with van der Waals surface area (Å²) in [5.41, 5.74) is 2.46. The second-order valence-corrected chi connectivity index (χ2v) is 6.42. The van der Waals surface area contributed by atoms with Crippen molar-refractivity contribution in [1.82, 2.24) is 0 Å². The van der Waals surface area contributed by atoms with Crippen LogP contribution in [-0.4, -0.2) is 24.8 Å². The van der Waals surface area contributed by atoms with Gasteiger partial charge >= 0.3 is 0 Å². The molecule has 3 rings (SSSR count). The minimum atomic E-state index is -0.264. The van der Waals surface area contributed by atoms with E-state index in [0.717, 1.165) is 18.5 Å². The molecule has 6 heteroatoms. The van der Waals surface area contributed by atoms with Gasteiger partial charge in [0.15, 0.2) is 0 Å². The molecule has 1 saturated carbocycles. The van der Waals surface area contributed by atoms with E-state index in [-0.39, 0.29) is 23.6 Å². The van der Waals surface area contributed by atoms with E-state index < -0.39 is 0 Å². The lowest BCUT2D eigenvalue weighted by atomic mass is 10.1. The molecule has 6 nitrogen and oxygen atoms in total. The average Bonchev–Trinajstić information content (AvgIpc) is 3.47. The van der Waals surface area contributed by atoms with Crippen molar-refractivity contribution in [2.24, 2.45) is 5.92 Å². The number of benzene rings is 2. The van der Waals surface area contributed by atoms with Crippen LogP contribution in [0.3, 0.4) is 0 Å². The Balaban J connectivity index is 1.65. The molecule has 0 saturated heterocycles. The Morgan fingerprint density at radius 3 is 2.27 bits per heavy atom. The number of carbonyl (C=O) groups is 3. The van der Waals surface area contributed by atoms with Gasteiger partial charge in [-0.25, -0.2) is 0 Å². The van der Waals surface area contributed by atoms with Crippen molar-refractivity contribution in [3.8, 4) is 0 Å². The first-order valence-corrected chi connectivity index (χ1v) is 8.50. The summed E-state index contributed by atoms with van der Waals surface area (Å²) in [6.07, 6.45) is 1.86. The van der Waals surface area contributed by atoms with Gasteiger partial charge in [0.25, 0.3) is 5.91 Å². The van der Waals surface area contributed by atoms with Crippen molar-refractivity contribution < 1.29 is 14.4 Å². The van der Waals surface area contributed by atoms with E-state index in [0.29, 0.717) is 16.9 Å². The number of hydrogen-bond acceptors (Lipinski definition) is 3. The molecule has 0 unspecified atom stereocenters. The maximum atomic E-state index is 12.4. The van der Waals surface area contributed by atoms with Crippen LogP contribution < -0.4 is 15.5 Å². The van der Waals surface area contributed by atoms with Crippen LogP contribution in [0.5, 0.6) is 0 Å². The summed E-state index contributed by atoms with van der Waals surface area (Å²) >= 11 is 0. The molecule has 0 aromatic heterocycles. The molecule has 2 N–H and O–H groups in total. The molecule has 0 bridgehead atoms. The first kappa shape index (κ1) is 17.7. The molecule has 2 aromatic rings. The van der Waals surface area contributed by atoms with Gasteiger partial charge in [-0.3, -0.25) is 14.4 Å². The summed E-state index contributed by atoms with van der Waals surface area (Å²) in [4.78, 5) is 37.2. The van der Waals surface area contributed by atoms with Gasteiger partial charge in [-0.05, 0) is 55.3 Å². The van der Waals surface area contributed by atoms with Crippen LogP contribution >= 0.6 is 0 Å². The normalized spacial score (nSPS) is 13.0. The predicted molar refractivity (Wildman–Crippen MR) is 101 cm³/mol. The zero-order valence-electron chi connectivity index (χ0n) is 14.8. The zero-order chi connectivity index (χ0) is 18.7. The second-order valence-electron chi connectivity index (χ2n) is 6.42. The summed E-state index contributed by atoms with van der Waals surface area (Å²) in [5.74, 6) is -0.209. The van der Waals surface area contributed by atoms with Crippen molar-refractivity contribution in [3.63, 3.8) is 0 Å². The molecule has 2 aromatic carbocycles. The minimum absolute atomic E-state index is 0.00716. The topological polar surface area (TPSA) is 78.5 Å². The minimum Gasteiger partial charge on any atom is -0.326 e. The van der Waals surface area contributed by atoms with E-state index in [1.54, 1.807) is 55.6 Å². The van der Waals surface area contributed by atoms with E-state index in [9.17, 15) is 14.4 Å². The first-order valence-electron chi connectivity index (χ1n) is 8.50. The van der Waals surface area contributed by atoms with Gasteiger partial charge in [-0.15, -0.1) is 0 Å². The molecule has 0 heterocycles. The number of nitrogens with zero attached hydrogens (tertiary/aromatic N) is 1. The number of hydrogen-bond donors (Lipinski definition) is 2. The van der Waals surface area contributed by atoms with Gasteiger partial charge in [0.2, 0.25) is 11.8 Å². The summed E-state index contributed by atoms with van der Waals surface area (Å²) in [6.45, 7) is 1.49. The fraction of sp³-hybridized carbons (Fsp3) is 0.250. The molecule has 134 valence electrons. The van der Waals surface area contributed by atoms with E-state index in [1.165, 1.54) is 11.8 Å². The van der Waals surface area contributed by atoms with Crippen molar-refractivity contribution in [3.05, 3.63) is 54.1 Å². The summed E-state index contributed by atoms with van der Waals surface area (Å²) in [5, 5.41) is 5.65. The van der Waals surface area contributed by atoms with Crippen molar-refractivity contribution >= 4 is 34.8 Å². The number of carbonyl (C=O) groups excluding carboxylic acids is 3. The van der Waals surface area contributed by atoms with E-state index in [4.69, 9.17) is 0 Å². The quantitative estimate of drug-likeness (QED) is 0.868. The molecule has 0 spiro atoms. The fourth-order valence-corrected chi connectivity index (χ4v) is 2.48. The van der Waals surface area contributed by atoms with Crippen LogP contribution in [0, 0.1) is 5.92 Å². The maximum absolute atomic E-state index is 12.4. The molecule has 1 aliphatic rings. The van der Waals surface area contributed by atoms with E-state index in [2.05, 4.69) is 10.6 Å². The molecule has 1 aliphatic carbocycles. The highest BCUT2D eigenvalue weighted by atomic mass is 16.2. The number of amides is 3. The SMILES string of the molecule is CC(=O)N(C)c1ccc(NC(=O)c2cccc(NC(=O)C3CC3)c2)cc1. The van der Waals surface area contributed by atoms with Crippen molar-refractivity contribution in [2.45, 2.75) is 19.8 Å². The van der Waals surface area contributed by atoms with Crippen LogP contribution in [0.2, 0.25) is 0 Å². The highest BCUT2D eigenvalue weighted by Gasteiger charge is 2.29. The van der Waals surface area contributed by atoms with Crippen molar-refractivity contribution in [1.29, 1.82) is 0 Å². The second kappa shape index (κ2) is 7.39. The number of anilines is 3. The fourth-order valence-electron chi connectivity index (χ4n) is 2.48. The predicted octanol–water partition coefficient (Wildman–Crippen LogP) is 3.27. The first-order chi connectivity index (χ1) is 12.4. The molecule has 0 atom stereocenters. The van der Waals surface area contributed by atoms with E-state index in [1.807, 2.05) is 0 Å². The Morgan fingerprint density at radius 2 is 1.65 bits per heavy atom. The van der Waals surface area contributed by atoms with E-state index >= 15 is 0 Å². The van der Waals surface area contributed by atoms with Gasteiger partial charge in [0, 0.05) is 42.5 Å². The smallest absolute Gasteiger partial charge is 0.255 e. The molecule has 0 radical (unpaired) electrons. The third-order valence-corrected chi connectivity index (χ3v) is 4.33. The summed E-state index contributed by atoms with van der Waals surface area (Å²) in [6, 6.07) is 13.9. The van der Waals surface area contributed by atoms with Crippen molar-refractivity contribution in [2.75, 3.05) is 22.6 Å². The van der Waals surface area contributed by atoms with Crippen LogP contribution in [-0.2, 0) is 9.59 Å². The lowest BCUT2D eigenvalue weighted by Gasteiger charge is -2.15. The maximum Gasteiger partial charge on any atom is 0.255 e. The number of nitrogens with one attached hydrogen (secondary N) is 2. The molecule has 26 heavy (non-hydrogen) atoms. The highest BCUT2D eigenvalue weighted by Crippen LogP contribution is 2.30. The summed E-state index contributed by atoms with van der Waals surface area (Å²) < 4.78 is 0. The third kappa shape index (κ3) is 4.27. The lowest BCUT2D eigenvalue weighted by Crippen LogP contribution is -2.22. The largest absolute Gasteiger partial charge is 0.326 e. The summed E-state index contributed by atoms with van der Waals surface area (Å²) in [7, 11) is 1.69. The molecular weight excluding hydrogens is 330 g/mol. The van der Waals surface area contributed by atoms with Gasteiger partial charge in [-0.2, -0.15) is 0 Å². The van der Waals surface area contributed by atoms with Crippen LogP contribution in [0.15, 0.2) is 48.5 Å². The Labute approximate surface area is 152 Å². The van der Waals surface area contributed by atoms with Gasteiger partial charge in [-0.1, -0.05) is 6.07 Å². The Hall–Kier alpha value is -3.15. The monoisotopic (exact) mass is 351 g/mol.